The highest BCUT2D eigenvalue weighted by atomic mass is 32.2. The van der Waals surface area contributed by atoms with Crippen molar-refractivity contribution in [2.75, 3.05) is 25.7 Å². The van der Waals surface area contributed by atoms with Crippen molar-refractivity contribution in [3.63, 3.8) is 0 Å². The maximum Gasteiger partial charge on any atom is 0.264 e. The van der Waals surface area contributed by atoms with E-state index in [9.17, 15) is 16.8 Å². The SMILES string of the molecule is CS(=O)(=O)OC[C@H]1CCC[C@H](COS(C)(=O)=O)C1. The van der Waals surface area contributed by atoms with E-state index in [1.54, 1.807) is 0 Å². The summed E-state index contributed by atoms with van der Waals surface area (Å²) >= 11 is 0. The molecule has 0 aromatic heterocycles. The molecule has 8 heteroatoms. The van der Waals surface area contributed by atoms with E-state index in [4.69, 9.17) is 8.37 Å². The molecule has 0 saturated heterocycles. The average molecular weight is 300 g/mol. The van der Waals surface area contributed by atoms with Crippen molar-refractivity contribution in [3.05, 3.63) is 0 Å². The third-order valence-corrected chi connectivity index (χ3v) is 4.06. The van der Waals surface area contributed by atoms with Crippen molar-refractivity contribution in [2.45, 2.75) is 25.7 Å². The van der Waals surface area contributed by atoms with Crippen LogP contribution < -0.4 is 0 Å². The minimum Gasteiger partial charge on any atom is -0.270 e. The Morgan fingerprint density at radius 2 is 1.28 bits per heavy atom. The third kappa shape index (κ3) is 7.30. The van der Waals surface area contributed by atoms with Crippen LogP contribution in [0, 0.1) is 11.8 Å². The molecule has 0 aromatic rings. The molecule has 0 aliphatic heterocycles. The Balaban J connectivity index is 2.37. The van der Waals surface area contributed by atoms with Crippen LogP contribution in [0.25, 0.3) is 0 Å². The zero-order chi connectivity index (χ0) is 13.8. The molecule has 0 spiro atoms. The molecule has 1 aliphatic carbocycles. The molecule has 1 fully saturated rings. The molecule has 1 saturated carbocycles. The zero-order valence-electron chi connectivity index (χ0n) is 10.7. The van der Waals surface area contributed by atoms with E-state index in [0.29, 0.717) is 0 Å². The lowest BCUT2D eigenvalue weighted by atomic mass is 9.82. The maximum atomic E-state index is 10.9. The summed E-state index contributed by atoms with van der Waals surface area (Å²) in [5.41, 5.74) is 0. The van der Waals surface area contributed by atoms with Crippen molar-refractivity contribution in [1.82, 2.24) is 0 Å². The van der Waals surface area contributed by atoms with Crippen molar-refractivity contribution < 1.29 is 25.2 Å². The quantitative estimate of drug-likeness (QED) is 0.673. The van der Waals surface area contributed by atoms with Gasteiger partial charge < -0.3 is 0 Å². The van der Waals surface area contributed by atoms with Gasteiger partial charge in [-0.25, -0.2) is 0 Å². The Morgan fingerprint density at radius 1 is 0.889 bits per heavy atom. The van der Waals surface area contributed by atoms with Gasteiger partial charge in [-0.15, -0.1) is 0 Å². The van der Waals surface area contributed by atoms with Gasteiger partial charge in [0.2, 0.25) is 0 Å². The lowest BCUT2D eigenvalue weighted by Crippen LogP contribution is -2.24. The summed E-state index contributed by atoms with van der Waals surface area (Å²) in [4.78, 5) is 0. The Morgan fingerprint density at radius 3 is 1.61 bits per heavy atom. The van der Waals surface area contributed by atoms with Gasteiger partial charge in [0.15, 0.2) is 0 Å². The largest absolute Gasteiger partial charge is 0.270 e. The fraction of sp³-hybridized carbons (Fsp3) is 1.00. The fourth-order valence-electron chi connectivity index (χ4n) is 2.14. The first-order valence-corrected chi connectivity index (χ1v) is 9.48. The number of rotatable bonds is 6. The van der Waals surface area contributed by atoms with Crippen molar-refractivity contribution in [1.29, 1.82) is 0 Å². The predicted molar refractivity (Wildman–Crippen MR) is 67.0 cm³/mol. The molecule has 1 aliphatic rings. The molecule has 18 heavy (non-hydrogen) atoms. The summed E-state index contributed by atoms with van der Waals surface area (Å²) in [6.07, 6.45) is 5.55. The normalized spacial score (nSPS) is 26.1. The standard InChI is InChI=1S/C10H20O6S2/c1-17(11,12)15-7-9-4-3-5-10(6-9)8-16-18(2,13)14/h9-10H,3-8H2,1-2H3/t9-,10-/m0/s1. The lowest BCUT2D eigenvalue weighted by molar-refractivity contribution is 0.144. The highest BCUT2D eigenvalue weighted by Gasteiger charge is 2.24. The van der Waals surface area contributed by atoms with Gasteiger partial charge in [-0.05, 0) is 31.1 Å². The van der Waals surface area contributed by atoms with Gasteiger partial charge in [0.1, 0.15) is 0 Å². The molecule has 0 aromatic carbocycles. The molecule has 0 radical (unpaired) electrons. The molecule has 1 rings (SSSR count). The Labute approximate surface area is 109 Å². The zero-order valence-corrected chi connectivity index (χ0v) is 12.3. The van der Waals surface area contributed by atoms with Crippen LogP contribution in [0.3, 0.4) is 0 Å². The second-order valence-corrected chi connectivity index (χ2v) is 8.16. The molecular formula is C10H20O6S2. The van der Waals surface area contributed by atoms with Crippen LogP contribution in [0.5, 0.6) is 0 Å². The first-order chi connectivity index (χ1) is 8.16. The molecule has 0 amide bonds. The summed E-state index contributed by atoms with van der Waals surface area (Å²) in [5.74, 6) is 0.309. The predicted octanol–water partition coefficient (Wildman–Crippen LogP) is 0.745. The summed E-state index contributed by atoms with van der Waals surface area (Å²) in [7, 11) is -6.81. The monoisotopic (exact) mass is 300 g/mol. The Kier molecular flexibility index (Phi) is 5.57. The number of hydrogen-bond acceptors (Lipinski definition) is 6. The van der Waals surface area contributed by atoms with Crippen LogP contribution in [-0.4, -0.2) is 42.6 Å². The molecular weight excluding hydrogens is 280 g/mol. The average Bonchev–Trinajstić information content (AvgIpc) is 2.22. The maximum absolute atomic E-state index is 10.9. The van der Waals surface area contributed by atoms with Gasteiger partial charge in [-0.2, -0.15) is 16.8 Å². The van der Waals surface area contributed by atoms with E-state index in [-0.39, 0.29) is 25.0 Å². The van der Waals surface area contributed by atoms with Crippen LogP contribution in [0.1, 0.15) is 25.7 Å². The molecule has 0 heterocycles. The summed E-state index contributed by atoms with van der Waals surface area (Å²) < 4.78 is 53.1. The van der Waals surface area contributed by atoms with E-state index < -0.39 is 20.2 Å². The van der Waals surface area contributed by atoms with Gasteiger partial charge in [-0.3, -0.25) is 8.37 Å². The van der Waals surface area contributed by atoms with Crippen LogP contribution in [0.2, 0.25) is 0 Å². The van der Waals surface area contributed by atoms with Gasteiger partial charge in [-0.1, -0.05) is 6.42 Å². The Bertz CT molecular complexity index is 411. The second-order valence-electron chi connectivity index (χ2n) is 4.88. The lowest BCUT2D eigenvalue weighted by Gasteiger charge is -2.28. The highest BCUT2D eigenvalue weighted by Crippen LogP contribution is 2.29. The van der Waals surface area contributed by atoms with Gasteiger partial charge in [0.05, 0.1) is 25.7 Å². The van der Waals surface area contributed by atoms with Crippen molar-refractivity contribution in [3.8, 4) is 0 Å². The van der Waals surface area contributed by atoms with Crippen molar-refractivity contribution >= 4 is 20.2 Å². The van der Waals surface area contributed by atoms with E-state index >= 15 is 0 Å². The minimum atomic E-state index is -3.40. The fourth-order valence-corrected chi connectivity index (χ4v) is 3.02. The first kappa shape index (κ1) is 15.9. The van der Waals surface area contributed by atoms with Gasteiger partial charge in [0.25, 0.3) is 20.2 Å². The smallest absolute Gasteiger partial charge is 0.264 e. The summed E-state index contributed by atoms with van der Waals surface area (Å²) in [6, 6.07) is 0. The van der Waals surface area contributed by atoms with E-state index in [1.807, 2.05) is 0 Å². The molecule has 0 N–H and O–H groups in total. The second kappa shape index (κ2) is 6.31. The number of hydrogen-bond donors (Lipinski definition) is 0. The first-order valence-electron chi connectivity index (χ1n) is 5.84. The molecule has 6 nitrogen and oxygen atoms in total. The topological polar surface area (TPSA) is 86.7 Å². The third-order valence-electron chi connectivity index (χ3n) is 2.93. The van der Waals surface area contributed by atoms with E-state index in [0.717, 1.165) is 38.2 Å². The molecule has 108 valence electrons. The van der Waals surface area contributed by atoms with Crippen LogP contribution in [-0.2, 0) is 28.6 Å². The van der Waals surface area contributed by atoms with Crippen LogP contribution in [0.4, 0.5) is 0 Å². The van der Waals surface area contributed by atoms with Gasteiger partial charge in [0, 0.05) is 0 Å². The van der Waals surface area contributed by atoms with Gasteiger partial charge >= 0.3 is 0 Å². The molecule has 0 bridgehead atoms. The van der Waals surface area contributed by atoms with Crippen molar-refractivity contribution in [2.24, 2.45) is 11.8 Å². The van der Waals surface area contributed by atoms with E-state index in [2.05, 4.69) is 0 Å². The highest BCUT2D eigenvalue weighted by molar-refractivity contribution is 7.86. The minimum absolute atomic E-state index is 0.154. The van der Waals surface area contributed by atoms with Crippen LogP contribution in [0.15, 0.2) is 0 Å². The molecule has 0 unspecified atom stereocenters. The van der Waals surface area contributed by atoms with Crippen LogP contribution >= 0.6 is 0 Å². The van der Waals surface area contributed by atoms with E-state index in [1.165, 1.54) is 0 Å². The summed E-state index contributed by atoms with van der Waals surface area (Å²) in [5, 5.41) is 0. The molecule has 2 atom stereocenters. The Hall–Kier alpha value is -0.180. The summed E-state index contributed by atoms with van der Waals surface area (Å²) in [6.45, 7) is 0.350.